The molecule has 0 radical (unpaired) electrons. The lowest BCUT2D eigenvalue weighted by Gasteiger charge is -2.02. The van der Waals surface area contributed by atoms with Crippen molar-refractivity contribution in [2.45, 2.75) is 6.61 Å². The number of allylic oxidation sites excluding steroid dienone is 2. The Labute approximate surface area is 101 Å². The first-order valence-electron chi connectivity index (χ1n) is 5.16. The molecule has 0 N–H and O–H groups in total. The molecule has 3 heteroatoms. The van der Waals surface area contributed by atoms with Crippen LogP contribution in [0.1, 0.15) is 5.56 Å². The molecule has 0 aliphatic carbocycles. The van der Waals surface area contributed by atoms with Crippen LogP contribution in [-0.4, -0.2) is 20.0 Å². The minimum Gasteiger partial charge on any atom is -0.497 e. The van der Waals surface area contributed by atoms with Crippen molar-refractivity contribution < 1.29 is 14.3 Å². The number of methoxy groups -OCH3 is 1. The van der Waals surface area contributed by atoms with Crippen LogP contribution >= 0.6 is 0 Å². The third kappa shape index (κ3) is 5.55. The van der Waals surface area contributed by atoms with Crippen molar-refractivity contribution in [3.63, 3.8) is 0 Å². The van der Waals surface area contributed by atoms with Gasteiger partial charge in [0, 0.05) is 0 Å². The van der Waals surface area contributed by atoms with E-state index in [2.05, 4.69) is 11.8 Å². The Balaban J connectivity index is 2.27. The first-order valence-corrected chi connectivity index (χ1v) is 5.16. The number of hydrogen-bond donors (Lipinski definition) is 0. The normalized spacial score (nSPS) is 9.71. The van der Waals surface area contributed by atoms with Crippen LogP contribution in [0.4, 0.5) is 0 Å². The summed E-state index contributed by atoms with van der Waals surface area (Å²) >= 11 is 0. The van der Waals surface area contributed by atoms with Crippen LogP contribution in [0.2, 0.25) is 0 Å². The molecule has 3 nitrogen and oxygen atoms in total. The summed E-state index contributed by atoms with van der Waals surface area (Å²) in [6.07, 6.45) is 3.52. The van der Waals surface area contributed by atoms with Crippen LogP contribution in [0.25, 0.3) is 0 Å². The molecular weight excluding hydrogens is 216 g/mol. The van der Waals surface area contributed by atoms with E-state index in [-0.39, 0.29) is 0 Å². The SMILES string of the molecule is COc1ccc(COCC#C/C=C/C=O)cc1. The molecule has 0 saturated heterocycles. The molecule has 1 aromatic rings. The molecule has 0 saturated carbocycles. The fourth-order valence-corrected chi connectivity index (χ4v) is 1.13. The van der Waals surface area contributed by atoms with Crippen molar-refractivity contribution in [2.75, 3.05) is 13.7 Å². The van der Waals surface area contributed by atoms with Gasteiger partial charge in [0.1, 0.15) is 18.6 Å². The largest absolute Gasteiger partial charge is 0.497 e. The molecule has 1 aromatic carbocycles. The number of benzene rings is 1. The molecule has 0 amide bonds. The predicted octanol–water partition coefficient (Wildman–Crippen LogP) is 1.97. The lowest BCUT2D eigenvalue weighted by molar-refractivity contribution is -0.104. The Hall–Kier alpha value is -2.05. The van der Waals surface area contributed by atoms with Crippen LogP contribution in [0.3, 0.4) is 0 Å². The van der Waals surface area contributed by atoms with Crippen LogP contribution < -0.4 is 4.74 Å². The second kappa shape index (κ2) is 8.14. The summed E-state index contributed by atoms with van der Waals surface area (Å²) < 4.78 is 10.4. The maximum absolute atomic E-state index is 9.93. The van der Waals surface area contributed by atoms with Crippen molar-refractivity contribution in [1.82, 2.24) is 0 Å². The average molecular weight is 230 g/mol. The third-order valence-corrected chi connectivity index (χ3v) is 1.96. The molecule has 0 spiro atoms. The van der Waals surface area contributed by atoms with E-state index in [0.717, 1.165) is 11.3 Å². The van der Waals surface area contributed by atoms with Crippen LogP contribution in [-0.2, 0) is 16.1 Å². The summed E-state index contributed by atoms with van der Waals surface area (Å²) in [5.41, 5.74) is 1.07. The minimum atomic E-state index is 0.342. The highest BCUT2D eigenvalue weighted by molar-refractivity contribution is 5.65. The van der Waals surface area contributed by atoms with Crippen LogP contribution in [0, 0.1) is 11.8 Å². The van der Waals surface area contributed by atoms with E-state index in [1.165, 1.54) is 12.2 Å². The first-order chi connectivity index (χ1) is 8.36. The first kappa shape index (κ1) is 13.0. The molecule has 0 aliphatic rings. The zero-order chi connectivity index (χ0) is 12.3. The number of ether oxygens (including phenoxy) is 2. The second-order valence-electron chi connectivity index (χ2n) is 3.16. The molecule has 0 unspecified atom stereocenters. The van der Waals surface area contributed by atoms with Gasteiger partial charge in [0.15, 0.2) is 0 Å². The van der Waals surface area contributed by atoms with E-state index in [1.807, 2.05) is 24.3 Å². The Morgan fingerprint density at radius 2 is 2.06 bits per heavy atom. The van der Waals surface area contributed by atoms with Crippen molar-refractivity contribution in [3.05, 3.63) is 42.0 Å². The van der Waals surface area contributed by atoms with Crippen LogP contribution in [0.5, 0.6) is 5.75 Å². The van der Waals surface area contributed by atoms with Crippen molar-refractivity contribution in [1.29, 1.82) is 0 Å². The highest BCUT2D eigenvalue weighted by atomic mass is 16.5. The lowest BCUT2D eigenvalue weighted by Crippen LogP contribution is -1.93. The van der Waals surface area contributed by atoms with Gasteiger partial charge in [0.2, 0.25) is 0 Å². The molecule has 0 bridgehead atoms. The van der Waals surface area contributed by atoms with E-state index in [9.17, 15) is 4.79 Å². The molecule has 0 aliphatic heterocycles. The summed E-state index contributed by atoms with van der Waals surface area (Å²) in [6, 6.07) is 7.66. The van der Waals surface area contributed by atoms with E-state index in [4.69, 9.17) is 9.47 Å². The Bertz CT molecular complexity index is 421. The number of carbonyl (C=O) groups is 1. The molecule has 0 heterocycles. The fraction of sp³-hybridized carbons (Fsp3) is 0.214. The Morgan fingerprint density at radius 3 is 2.71 bits per heavy atom. The van der Waals surface area contributed by atoms with Crippen molar-refractivity contribution >= 4 is 6.29 Å². The number of hydrogen-bond acceptors (Lipinski definition) is 3. The number of carbonyl (C=O) groups excluding carboxylic acids is 1. The van der Waals surface area contributed by atoms with Gasteiger partial charge in [-0.2, -0.15) is 0 Å². The van der Waals surface area contributed by atoms with Crippen molar-refractivity contribution in [3.8, 4) is 17.6 Å². The van der Waals surface area contributed by atoms with Gasteiger partial charge in [0.25, 0.3) is 0 Å². The predicted molar refractivity (Wildman–Crippen MR) is 65.6 cm³/mol. The molecule has 0 fully saturated rings. The Morgan fingerprint density at radius 1 is 1.29 bits per heavy atom. The van der Waals surface area contributed by atoms with Gasteiger partial charge in [-0.1, -0.05) is 24.0 Å². The van der Waals surface area contributed by atoms with Gasteiger partial charge in [0.05, 0.1) is 13.7 Å². The van der Waals surface area contributed by atoms with Crippen LogP contribution in [0.15, 0.2) is 36.4 Å². The average Bonchev–Trinajstić information content (AvgIpc) is 2.38. The standard InChI is InChI=1S/C14H14O3/c1-16-14-8-6-13(7-9-14)12-17-11-5-3-2-4-10-15/h2,4,6-10H,11-12H2,1H3/b4-2+. The van der Waals surface area contributed by atoms with Gasteiger partial charge < -0.3 is 9.47 Å². The van der Waals surface area contributed by atoms with Gasteiger partial charge in [-0.05, 0) is 29.8 Å². The zero-order valence-electron chi connectivity index (χ0n) is 9.68. The summed E-state index contributed by atoms with van der Waals surface area (Å²) in [5, 5.41) is 0. The highest BCUT2D eigenvalue weighted by Gasteiger charge is 1.93. The molecule has 17 heavy (non-hydrogen) atoms. The summed E-state index contributed by atoms with van der Waals surface area (Å²) in [5.74, 6) is 6.28. The molecule has 0 aromatic heterocycles. The van der Waals surface area contributed by atoms with E-state index in [1.54, 1.807) is 7.11 Å². The van der Waals surface area contributed by atoms with E-state index >= 15 is 0 Å². The molecule has 0 atom stereocenters. The molecule has 1 rings (SSSR count). The van der Waals surface area contributed by atoms with E-state index in [0.29, 0.717) is 19.5 Å². The smallest absolute Gasteiger partial charge is 0.143 e. The molecule has 88 valence electrons. The topological polar surface area (TPSA) is 35.5 Å². The lowest BCUT2D eigenvalue weighted by atomic mass is 10.2. The highest BCUT2D eigenvalue weighted by Crippen LogP contribution is 2.11. The third-order valence-electron chi connectivity index (χ3n) is 1.96. The van der Waals surface area contributed by atoms with Gasteiger partial charge in [-0.3, -0.25) is 4.79 Å². The van der Waals surface area contributed by atoms with Gasteiger partial charge >= 0.3 is 0 Å². The van der Waals surface area contributed by atoms with Crippen molar-refractivity contribution in [2.24, 2.45) is 0 Å². The molecular formula is C14H14O3. The fourth-order valence-electron chi connectivity index (χ4n) is 1.13. The minimum absolute atomic E-state index is 0.342. The Kier molecular flexibility index (Phi) is 6.23. The second-order valence-corrected chi connectivity index (χ2v) is 3.16. The maximum atomic E-state index is 9.93. The zero-order valence-corrected chi connectivity index (χ0v) is 9.68. The maximum Gasteiger partial charge on any atom is 0.143 e. The number of rotatable bonds is 5. The van der Waals surface area contributed by atoms with Gasteiger partial charge in [-0.25, -0.2) is 0 Å². The quantitative estimate of drug-likeness (QED) is 0.336. The number of aldehydes is 1. The summed E-state index contributed by atoms with van der Waals surface area (Å²) in [7, 11) is 1.63. The monoisotopic (exact) mass is 230 g/mol. The van der Waals surface area contributed by atoms with E-state index < -0.39 is 0 Å². The van der Waals surface area contributed by atoms with Gasteiger partial charge in [-0.15, -0.1) is 0 Å². The summed E-state index contributed by atoms with van der Waals surface area (Å²) in [4.78, 5) is 9.93. The summed E-state index contributed by atoms with van der Waals surface area (Å²) in [6.45, 7) is 0.852.